The molecule has 0 aliphatic carbocycles. The van der Waals surface area contributed by atoms with E-state index in [1.54, 1.807) is 17.4 Å². The van der Waals surface area contributed by atoms with Crippen LogP contribution in [0.25, 0.3) is 37.5 Å². The fourth-order valence-corrected chi connectivity index (χ4v) is 8.80. The predicted molar refractivity (Wildman–Crippen MR) is 150 cm³/mol. The maximum Gasteiger partial charge on any atom is 0.266 e. The van der Waals surface area contributed by atoms with E-state index in [1.165, 1.54) is 32.6 Å². The van der Waals surface area contributed by atoms with Crippen molar-refractivity contribution < 1.29 is 30.5 Å². The van der Waals surface area contributed by atoms with E-state index in [4.69, 9.17) is 0 Å². The number of nitrogens with zero attached hydrogens (tertiary/aromatic N) is 2. The Labute approximate surface area is 231 Å². The van der Waals surface area contributed by atoms with E-state index >= 15 is 0 Å². The van der Waals surface area contributed by atoms with Gasteiger partial charge in [0, 0.05) is 9.77 Å². The van der Waals surface area contributed by atoms with Crippen LogP contribution in [0.15, 0.2) is 82.0 Å². The SMILES string of the molecule is O=S(=O)([O-])CN1C(=Cc2sc3ccc4ccccc4c3[n+]2CS(=O)(=O)[O-])Sc2ccc(-c3cccs3)cc21. The third kappa shape index (κ3) is 4.98. The Bertz CT molecular complexity index is 1960. The number of thioether (sulfide) groups is 1. The summed E-state index contributed by atoms with van der Waals surface area (Å²) in [6, 6.07) is 20.8. The van der Waals surface area contributed by atoms with Crippen LogP contribution >= 0.6 is 34.4 Å². The van der Waals surface area contributed by atoms with Gasteiger partial charge in [-0.15, -0.1) is 11.3 Å². The van der Waals surface area contributed by atoms with Gasteiger partial charge in [-0.25, -0.2) is 16.8 Å². The minimum atomic E-state index is -4.66. The molecule has 3 aromatic carbocycles. The molecule has 1 aliphatic rings. The molecule has 0 fully saturated rings. The molecule has 8 nitrogen and oxygen atoms in total. The van der Waals surface area contributed by atoms with Crippen LogP contribution in [0.5, 0.6) is 0 Å². The molecular weight excluding hydrogens is 585 g/mol. The van der Waals surface area contributed by atoms with Crippen LogP contribution in [0.1, 0.15) is 5.01 Å². The van der Waals surface area contributed by atoms with Crippen molar-refractivity contribution in [1.82, 2.24) is 0 Å². The first kappa shape index (κ1) is 25.5. The van der Waals surface area contributed by atoms with Gasteiger partial charge in [0.2, 0.25) is 11.4 Å². The van der Waals surface area contributed by atoms with E-state index in [2.05, 4.69) is 0 Å². The van der Waals surface area contributed by atoms with Crippen LogP contribution in [0.2, 0.25) is 0 Å². The zero-order valence-electron chi connectivity index (χ0n) is 19.3. The average Bonchev–Trinajstić information content (AvgIpc) is 3.57. The highest BCUT2D eigenvalue weighted by molar-refractivity contribution is 8.04. The summed E-state index contributed by atoms with van der Waals surface area (Å²) in [7, 11) is -9.32. The first-order valence-electron chi connectivity index (χ1n) is 11.1. The van der Waals surface area contributed by atoms with Crippen molar-refractivity contribution in [3.05, 3.63) is 82.1 Å². The molecule has 0 saturated heterocycles. The van der Waals surface area contributed by atoms with Crippen molar-refractivity contribution in [1.29, 1.82) is 0 Å². The van der Waals surface area contributed by atoms with Gasteiger partial charge in [0.1, 0.15) is 20.7 Å². The molecule has 0 bridgehead atoms. The molecule has 6 rings (SSSR count). The van der Waals surface area contributed by atoms with Gasteiger partial charge in [-0.3, -0.25) is 0 Å². The van der Waals surface area contributed by atoms with Crippen LogP contribution in [0.4, 0.5) is 5.69 Å². The highest BCUT2D eigenvalue weighted by atomic mass is 32.2. The second-order valence-corrected chi connectivity index (χ2v) is 14.4. The molecule has 0 saturated carbocycles. The van der Waals surface area contributed by atoms with Crippen LogP contribution in [0.3, 0.4) is 0 Å². The Kier molecular flexibility index (Phi) is 6.34. The lowest BCUT2D eigenvalue weighted by Gasteiger charge is -2.22. The number of rotatable bonds is 6. The second kappa shape index (κ2) is 9.45. The third-order valence-corrected chi connectivity index (χ3v) is 10.2. The summed E-state index contributed by atoms with van der Waals surface area (Å²) in [6.45, 7) is 0. The van der Waals surface area contributed by atoms with Gasteiger partial charge in [0.15, 0.2) is 10.1 Å². The molecular formula is C25H17N2O6S5-. The quantitative estimate of drug-likeness (QED) is 0.197. The minimum Gasteiger partial charge on any atom is -0.747 e. The van der Waals surface area contributed by atoms with Crippen molar-refractivity contribution >= 4 is 87.4 Å². The summed E-state index contributed by atoms with van der Waals surface area (Å²) in [4.78, 5) is 3.18. The molecule has 0 spiro atoms. The number of fused-ring (bicyclic) bond motifs is 4. The number of anilines is 1. The molecule has 0 N–H and O–H groups in total. The molecule has 13 heteroatoms. The standard InChI is InChI=1S/C25H18N2O6S5/c28-37(29,30)14-26-19-12-17(20-6-3-11-34-20)8-9-21(19)35-23(26)13-24-27(15-38(31,32)33)25-18-5-2-1-4-16(18)7-10-22(25)36-24/h1-13H,14-15H2,(H-,28,29,30,31,32,33)/p-1. The normalized spacial score (nSPS) is 15.1. The zero-order valence-corrected chi connectivity index (χ0v) is 23.4. The van der Waals surface area contributed by atoms with E-state index in [0.717, 1.165) is 30.8 Å². The number of aromatic nitrogens is 1. The van der Waals surface area contributed by atoms with Crippen molar-refractivity contribution in [2.24, 2.45) is 0 Å². The summed E-state index contributed by atoms with van der Waals surface area (Å²) < 4.78 is 73.7. The van der Waals surface area contributed by atoms with Gasteiger partial charge in [-0.2, -0.15) is 4.57 Å². The lowest BCUT2D eigenvalue weighted by molar-refractivity contribution is -0.648. The van der Waals surface area contributed by atoms with E-state index in [0.29, 0.717) is 21.2 Å². The van der Waals surface area contributed by atoms with Crippen molar-refractivity contribution in [2.75, 3.05) is 10.8 Å². The molecule has 5 aromatic rings. The van der Waals surface area contributed by atoms with Crippen LogP contribution in [0, 0.1) is 0 Å². The van der Waals surface area contributed by atoms with Crippen LogP contribution < -0.4 is 9.47 Å². The summed E-state index contributed by atoms with van der Waals surface area (Å²) in [5, 5.41) is 4.50. The summed E-state index contributed by atoms with van der Waals surface area (Å²) in [5.41, 5.74) is 2.05. The van der Waals surface area contributed by atoms with Gasteiger partial charge < -0.3 is 14.0 Å². The first-order valence-corrected chi connectivity index (χ1v) is 16.8. The largest absolute Gasteiger partial charge is 0.747 e. The lowest BCUT2D eigenvalue weighted by Crippen LogP contribution is -2.39. The Balaban J connectivity index is 1.54. The topological polar surface area (TPSA) is 122 Å². The maximum atomic E-state index is 11.9. The van der Waals surface area contributed by atoms with Gasteiger partial charge in [-0.05, 0) is 46.7 Å². The fraction of sp³-hybridized carbons (Fsp3) is 0.0800. The lowest BCUT2D eigenvalue weighted by atomic mass is 10.1. The number of thiophene rings is 1. The Hall–Kier alpha value is -2.78. The number of hydrogen-bond acceptors (Lipinski definition) is 10. The van der Waals surface area contributed by atoms with E-state index < -0.39 is 32.0 Å². The molecule has 3 heterocycles. The van der Waals surface area contributed by atoms with Gasteiger partial charge >= 0.3 is 0 Å². The first-order chi connectivity index (χ1) is 18.1. The number of hydrogen-bond donors (Lipinski definition) is 0. The van der Waals surface area contributed by atoms with Crippen molar-refractivity contribution in [3.8, 4) is 10.4 Å². The summed E-state index contributed by atoms with van der Waals surface area (Å²) in [5.74, 6) is -1.58. The Morgan fingerprint density at radius 1 is 0.921 bits per heavy atom. The van der Waals surface area contributed by atoms with Crippen LogP contribution in [-0.4, -0.2) is 31.8 Å². The van der Waals surface area contributed by atoms with Crippen molar-refractivity contribution in [2.45, 2.75) is 10.8 Å². The fourth-order valence-electron chi connectivity index (χ4n) is 4.47. The summed E-state index contributed by atoms with van der Waals surface area (Å²) in [6.07, 6.45) is 1.64. The van der Waals surface area contributed by atoms with Gasteiger partial charge in [0.05, 0.1) is 22.2 Å². The highest BCUT2D eigenvalue weighted by Crippen LogP contribution is 2.48. The average molecular weight is 602 g/mol. The molecule has 0 radical (unpaired) electrons. The van der Waals surface area contributed by atoms with E-state index in [1.807, 2.05) is 72.1 Å². The van der Waals surface area contributed by atoms with Gasteiger partial charge in [0.25, 0.3) is 5.01 Å². The molecule has 1 aliphatic heterocycles. The monoisotopic (exact) mass is 601 g/mol. The molecule has 38 heavy (non-hydrogen) atoms. The molecule has 0 amide bonds. The number of benzene rings is 3. The molecule has 0 atom stereocenters. The summed E-state index contributed by atoms with van der Waals surface area (Å²) >= 11 is 4.10. The predicted octanol–water partition coefficient (Wildman–Crippen LogP) is 4.99. The van der Waals surface area contributed by atoms with E-state index in [9.17, 15) is 25.9 Å². The van der Waals surface area contributed by atoms with Crippen molar-refractivity contribution in [3.63, 3.8) is 0 Å². The molecule has 2 aromatic heterocycles. The highest BCUT2D eigenvalue weighted by Gasteiger charge is 2.30. The van der Waals surface area contributed by atoms with E-state index in [-0.39, 0.29) is 0 Å². The Morgan fingerprint density at radius 2 is 1.74 bits per heavy atom. The zero-order chi connectivity index (χ0) is 26.7. The molecule has 0 unspecified atom stereocenters. The molecule has 194 valence electrons. The third-order valence-electron chi connectivity index (χ3n) is 5.97. The number of thiazole rings is 1. The maximum absolute atomic E-state index is 11.9. The Morgan fingerprint density at radius 3 is 2.47 bits per heavy atom. The second-order valence-electron chi connectivity index (χ2n) is 8.55. The van der Waals surface area contributed by atoms with Crippen LogP contribution in [-0.2, 0) is 26.1 Å². The minimum absolute atomic E-state index is 0.440. The smallest absolute Gasteiger partial charge is 0.266 e. The van der Waals surface area contributed by atoms with Gasteiger partial charge in [-0.1, -0.05) is 59.5 Å².